The summed E-state index contributed by atoms with van der Waals surface area (Å²) in [5.74, 6) is 0.265. The fourth-order valence-electron chi connectivity index (χ4n) is 4.29. The van der Waals surface area contributed by atoms with Crippen LogP contribution < -0.4 is 4.74 Å². The van der Waals surface area contributed by atoms with Crippen molar-refractivity contribution in [2.45, 2.75) is 55.4 Å². The van der Waals surface area contributed by atoms with Gasteiger partial charge in [0.05, 0.1) is 6.61 Å². The van der Waals surface area contributed by atoms with Gasteiger partial charge in [-0.3, -0.25) is 0 Å². The van der Waals surface area contributed by atoms with Crippen LogP contribution in [0.25, 0.3) is 0 Å². The second-order valence-electron chi connectivity index (χ2n) is 7.88. The Bertz CT molecular complexity index is 877. The number of rotatable bonds is 5. The molecule has 0 spiro atoms. The Labute approximate surface area is 172 Å². The molecule has 162 valence electrons. The maximum Gasteiger partial charge on any atom is 0.278 e. The molecule has 8 heteroatoms. The van der Waals surface area contributed by atoms with Crippen LogP contribution in [0.2, 0.25) is 0 Å². The van der Waals surface area contributed by atoms with Gasteiger partial charge in [0.2, 0.25) is 0 Å². The van der Waals surface area contributed by atoms with Crippen LogP contribution in [0.4, 0.5) is 8.78 Å². The van der Waals surface area contributed by atoms with Crippen LogP contribution in [0.3, 0.4) is 0 Å². The summed E-state index contributed by atoms with van der Waals surface area (Å²) < 4.78 is 39.8. The molecule has 30 heavy (non-hydrogen) atoms. The Morgan fingerprint density at radius 3 is 2.37 bits per heavy atom. The van der Waals surface area contributed by atoms with Crippen molar-refractivity contribution in [1.29, 1.82) is 0 Å². The molecule has 2 aliphatic rings. The van der Waals surface area contributed by atoms with Crippen molar-refractivity contribution in [2.75, 3.05) is 6.61 Å². The van der Waals surface area contributed by atoms with Crippen molar-refractivity contribution in [3.05, 3.63) is 65.2 Å². The van der Waals surface area contributed by atoms with E-state index < -0.39 is 49.2 Å². The summed E-state index contributed by atoms with van der Waals surface area (Å²) in [6.07, 6.45) is -9.62. The normalized spacial score (nSPS) is 33.4. The van der Waals surface area contributed by atoms with Gasteiger partial charge in [-0.05, 0) is 17.2 Å². The van der Waals surface area contributed by atoms with Crippen LogP contribution in [0.15, 0.2) is 48.5 Å². The van der Waals surface area contributed by atoms with Crippen molar-refractivity contribution in [3.8, 4) is 5.75 Å². The zero-order chi connectivity index (χ0) is 21.5. The Kier molecular flexibility index (Phi) is 5.78. The van der Waals surface area contributed by atoms with E-state index in [2.05, 4.69) is 0 Å². The van der Waals surface area contributed by atoms with Crippen molar-refractivity contribution in [1.82, 2.24) is 0 Å². The van der Waals surface area contributed by atoms with Gasteiger partial charge in [0.25, 0.3) is 6.43 Å². The second kappa shape index (κ2) is 8.20. The first-order valence-corrected chi connectivity index (χ1v) is 9.79. The quantitative estimate of drug-likeness (QED) is 0.581. The molecular weight excluding hydrogens is 398 g/mol. The van der Waals surface area contributed by atoms with E-state index in [-0.39, 0.29) is 18.6 Å². The van der Waals surface area contributed by atoms with Crippen LogP contribution in [-0.2, 0) is 17.6 Å². The first kappa shape index (κ1) is 21.1. The SMILES string of the molecule is OCC1OC(c2cccc3c2CC(Cc2ccccc2)(C(F)F)O3)C(O)C(O)C1O. The first-order valence-electron chi connectivity index (χ1n) is 9.79. The van der Waals surface area contributed by atoms with Gasteiger partial charge in [0.15, 0.2) is 5.60 Å². The topological polar surface area (TPSA) is 99.4 Å². The summed E-state index contributed by atoms with van der Waals surface area (Å²) in [7, 11) is 0. The molecule has 6 nitrogen and oxygen atoms in total. The summed E-state index contributed by atoms with van der Waals surface area (Å²) in [6.45, 7) is -0.568. The molecule has 2 heterocycles. The van der Waals surface area contributed by atoms with E-state index in [0.717, 1.165) is 0 Å². The number of benzene rings is 2. The fraction of sp³-hybridized carbons (Fsp3) is 0.455. The van der Waals surface area contributed by atoms with Gasteiger partial charge in [-0.2, -0.15) is 0 Å². The van der Waals surface area contributed by atoms with Crippen molar-refractivity contribution in [3.63, 3.8) is 0 Å². The third kappa shape index (κ3) is 3.59. The molecule has 6 atom stereocenters. The Hall–Kier alpha value is -2.10. The number of hydrogen-bond donors (Lipinski definition) is 4. The molecule has 6 unspecified atom stereocenters. The zero-order valence-electron chi connectivity index (χ0n) is 16.1. The van der Waals surface area contributed by atoms with Crippen LogP contribution in [0.1, 0.15) is 22.8 Å². The smallest absolute Gasteiger partial charge is 0.278 e. The summed E-state index contributed by atoms with van der Waals surface area (Å²) >= 11 is 0. The Morgan fingerprint density at radius 1 is 0.967 bits per heavy atom. The van der Waals surface area contributed by atoms with Crippen LogP contribution in [-0.4, -0.2) is 63.5 Å². The molecule has 0 saturated carbocycles. The van der Waals surface area contributed by atoms with Gasteiger partial charge in [-0.25, -0.2) is 8.78 Å². The monoisotopic (exact) mass is 422 g/mol. The molecule has 1 fully saturated rings. The van der Waals surface area contributed by atoms with E-state index in [4.69, 9.17) is 9.47 Å². The van der Waals surface area contributed by atoms with Crippen molar-refractivity contribution < 1.29 is 38.7 Å². The van der Waals surface area contributed by atoms with Crippen molar-refractivity contribution in [2.24, 2.45) is 0 Å². The Balaban J connectivity index is 1.68. The molecular formula is C22H24F2O6. The van der Waals surface area contributed by atoms with E-state index in [1.165, 1.54) is 0 Å². The van der Waals surface area contributed by atoms with Crippen LogP contribution in [0.5, 0.6) is 5.75 Å². The molecule has 2 aliphatic heterocycles. The summed E-state index contributed by atoms with van der Waals surface area (Å²) in [6, 6.07) is 13.7. The van der Waals surface area contributed by atoms with E-state index in [0.29, 0.717) is 16.7 Å². The van der Waals surface area contributed by atoms with E-state index in [9.17, 15) is 29.2 Å². The first-order chi connectivity index (χ1) is 14.4. The van der Waals surface area contributed by atoms with E-state index in [1.54, 1.807) is 48.5 Å². The number of aliphatic hydroxyl groups is 4. The minimum atomic E-state index is -2.77. The fourth-order valence-corrected chi connectivity index (χ4v) is 4.29. The maximum absolute atomic E-state index is 14.2. The third-order valence-electron chi connectivity index (χ3n) is 5.90. The van der Waals surface area contributed by atoms with Crippen LogP contribution >= 0.6 is 0 Å². The lowest BCUT2D eigenvalue weighted by Gasteiger charge is -2.40. The minimum absolute atomic E-state index is 0.00565. The molecule has 2 aromatic rings. The van der Waals surface area contributed by atoms with Crippen molar-refractivity contribution >= 4 is 0 Å². The lowest BCUT2D eigenvalue weighted by molar-refractivity contribution is -0.231. The molecule has 1 saturated heterocycles. The van der Waals surface area contributed by atoms with Gasteiger partial charge in [0, 0.05) is 18.4 Å². The number of hydrogen-bond acceptors (Lipinski definition) is 6. The molecule has 0 aliphatic carbocycles. The summed E-state index contributed by atoms with van der Waals surface area (Å²) in [5, 5.41) is 40.1. The third-order valence-corrected chi connectivity index (χ3v) is 5.90. The molecule has 2 aromatic carbocycles. The molecule has 4 rings (SSSR count). The summed E-state index contributed by atoms with van der Waals surface area (Å²) in [5.41, 5.74) is -0.216. The molecule has 0 aromatic heterocycles. The average molecular weight is 422 g/mol. The maximum atomic E-state index is 14.2. The zero-order valence-corrected chi connectivity index (χ0v) is 16.1. The van der Waals surface area contributed by atoms with E-state index >= 15 is 0 Å². The number of fused-ring (bicyclic) bond motifs is 1. The molecule has 0 bridgehead atoms. The highest BCUT2D eigenvalue weighted by molar-refractivity contribution is 5.47. The Morgan fingerprint density at radius 2 is 1.70 bits per heavy atom. The van der Waals surface area contributed by atoms with Gasteiger partial charge in [0.1, 0.15) is 36.3 Å². The van der Waals surface area contributed by atoms with Gasteiger partial charge in [-0.1, -0.05) is 42.5 Å². The van der Waals surface area contributed by atoms with Gasteiger partial charge >= 0.3 is 0 Å². The second-order valence-corrected chi connectivity index (χ2v) is 7.88. The highest BCUT2D eigenvalue weighted by atomic mass is 19.3. The number of aliphatic hydroxyl groups excluding tert-OH is 4. The molecule has 0 radical (unpaired) electrons. The highest BCUT2D eigenvalue weighted by Crippen LogP contribution is 2.45. The highest BCUT2D eigenvalue weighted by Gasteiger charge is 2.51. The number of halogens is 2. The lowest BCUT2D eigenvalue weighted by atomic mass is 9.85. The predicted octanol–water partition coefficient (Wildman–Crippen LogP) is 1.38. The van der Waals surface area contributed by atoms with E-state index in [1.807, 2.05) is 0 Å². The molecule has 0 amide bonds. The minimum Gasteiger partial charge on any atom is -0.480 e. The molecule has 4 N–H and O–H groups in total. The van der Waals surface area contributed by atoms with Crippen LogP contribution in [0, 0.1) is 0 Å². The number of alkyl halides is 2. The van der Waals surface area contributed by atoms with Gasteiger partial charge in [-0.15, -0.1) is 0 Å². The predicted molar refractivity (Wildman–Crippen MR) is 102 cm³/mol. The largest absolute Gasteiger partial charge is 0.480 e. The standard InChI is InChI=1S/C22H24F2O6/c23-21(24)22(9-12-5-2-1-3-6-12)10-14-13(7-4-8-15(14)30-22)20-19(28)18(27)17(26)16(11-25)29-20/h1-8,16-21,25-28H,9-11H2. The summed E-state index contributed by atoms with van der Waals surface area (Å²) in [4.78, 5) is 0. The van der Waals surface area contributed by atoms with Gasteiger partial charge < -0.3 is 29.9 Å². The average Bonchev–Trinajstić information content (AvgIpc) is 3.13. The lowest BCUT2D eigenvalue weighted by Crippen LogP contribution is -2.55. The number of ether oxygens (including phenoxy) is 2.